The summed E-state index contributed by atoms with van der Waals surface area (Å²) in [6.45, 7) is 2.84. The summed E-state index contributed by atoms with van der Waals surface area (Å²) in [5, 5.41) is 0.293. The third-order valence-corrected chi connectivity index (χ3v) is 5.03. The molecule has 0 saturated heterocycles. The van der Waals surface area contributed by atoms with Gasteiger partial charge in [0.05, 0.1) is 7.11 Å². The van der Waals surface area contributed by atoms with Crippen molar-refractivity contribution in [3.63, 3.8) is 0 Å². The monoisotopic (exact) mass is 378 g/mol. The molecule has 136 valence electrons. The molecule has 1 aromatic rings. The second-order valence-corrected chi connectivity index (χ2v) is 7.22. The SMILES string of the molecule is COCCCN(CCNS(=O)(=O)c1cc(Cl)ccc1OC)C(C)=O. The van der Waals surface area contributed by atoms with E-state index in [1.54, 1.807) is 18.1 Å². The van der Waals surface area contributed by atoms with Gasteiger partial charge in [-0.3, -0.25) is 4.79 Å². The number of hydrogen-bond acceptors (Lipinski definition) is 5. The molecule has 1 amide bonds. The molecule has 0 bridgehead atoms. The smallest absolute Gasteiger partial charge is 0.244 e. The first-order valence-electron chi connectivity index (χ1n) is 7.39. The van der Waals surface area contributed by atoms with Crippen LogP contribution in [-0.2, 0) is 19.6 Å². The maximum absolute atomic E-state index is 12.4. The minimum absolute atomic E-state index is 0.0359. The Morgan fingerprint density at radius 3 is 2.58 bits per heavy atom. The Morgan fingerprint density at radius 2 is 2.00 bits per heavy atom. The van der Waals surface area contributed by atoms with Crippen LogP contribution < -0.4 is 9.46 Å². The number of ether oxygens (including phenoxy) is 2. The van der Waals surface area contributed by atoms with Crippen molar-refractivity contribution in [1.82, 2.24) is 9.62 Å². The van der Waals surface area contributed by atoms with Crippen molar-refractivity contribution >= 4 is 27.5 Å². The summed E-state index contributed by atoms with van der Waals surface area (Å²) in [6, 6.07) is 4.36. The van der Waals surface area contributed by atoms with Gasteiger partial charge in [-0.1, -0.05) is 11.6 Å². The quantitative estimate of drug-likeness (QED) is 0.624. The van der Waals surface area contributed by atoms with E-state index in [2.05, 4.69) is 4.72 Å². The van der Waals surface area contributed by atoms with Gasteiger partial charge < -0.3 is 14.4 Å². The van der Waals surface area contributed by atoms with Gasteiger partial charge in [0.15, 0.2) is 0 Å². The van der Waals surface area contributed by atoms with E-state index in [-0.39, 0.29) is 29.6 Å². The van der Waals surface area contributed by atoms with E-state index in [9.17, 15) is 13.2 Å². The van der Waals surface area contributed by atoms with Crippen molar-refractivity contribution in [3.8, 4) is 5.75 Å². The van der Waals surface area contributed by atoms with Gasteiger partial charge in [0.25, 0.3) is 0 Å². The predicted molar refractivity (Wildman–Crippen MR) is 91.9 cm³/mol. The standard InChI is InChI=1S/C15H23ClN2O5S/c1-12(19)18(8-4-10-22-2)9-7-17-24(20,21)15-11-13(16)5-6-14(15)23-3/h5-6,11,17H,4,7-10H2,1-3H3. The molecule has 0 aliphatic rings. The summed E-state index contributed by atoms with van der Waals surface area (Å²) in [7, 11) is -0.822. The second-order valence-electron chi connectivity index (χ2n) is 5.05. The summed E-state index contributed by atoms with van der Waals surface area (Å²) in [5.41, 5.74) is 0. The fraction of sp³-hybridized carbons (Fsp3) is 0.533. The van der Waals surface area contributed by atoms with Gasteiger partial charge in [-0.2, -0.15) is 0 Å². The van der Waals surface area contributed by atoms with Crippen molar-refractivity contribution in [2.75, 3.05) is 40.5 Å². The van der Waals surface area contributed by atoms with Crippen LogP contribution in [0.5, 0.6) is 5.75 Å². The van der Waals surface area contributed by atoms with E-state index in [4.69, 9.17) is 21.1 Å². The van der Waals surface area contributed by atoms with Crippen LogP contribution in [0.25, 0.3) is 0 Å². The molecule has 0 aliphatic heterocycles. The van der Waals surface area contributed by atoms with E-state index in [1.807, 2.05) is 0 Å². The Kier molecular flexibility index (Phi) is 8.47. The van der Waals surface area contributed by atoms with Gasteiger partial charge in [-0.25, -0.2) is 13.1 Å². The summed E-state index contributed by atoms with van der Waals surface area (Å²) in [5.74, 6) is 0.0843. The third kappa shape index (κ3) is 6.27. The maximum Gasteiger partial charge on any atom is 0.244 e. The third-order valence-electron chi connectivity index (χ3n) is 3.31. The largest absolute Gasteiger partial charge is 0.495 e. The average Bonchev–Trinajstić information content (AvgIpc) is 2.53. The first kappa shape index (κ1) is 20.7. The number of benzene rings is 1. The van der Waals surface area contributed by atoms with Crippen molar-refractivity contribution in [3.05, 3.63) is 23.2 Å². The van der Waals surface area contributed by atoms with Crippen LogP contribution in [0.3, 0.4) is 0 Å². The van der Waals surface area contributed by atoms with Crippen LogP contribution in [0.1, 0.15) is 13.3 Å². The molecule has 1 aromatic carbocycles. The zero-order valence-corrected chi connectivity index (χ0v) is 15.6. The number of carbonyl (C=O) groups is 1. The molecule has 0 fully saturated rings. The van der Waals surface area contributed by atoms with Crippen molar-refractivity contribution in [2.24, 2.45) is 0 Å². The van der Waals surface area contributed by atoms with Crippen LogP contribution in [0.15, 0.2) is 23.1 Å². The topological polar surface area (TPSA) is 84.9 Å². The van der Waals surface area contributed by atoms with Gasteiger partial charge in [0, 0.05) is 45.3 Å². The number of sulfonamides is 1. The molecule has 0 unspecified atom stereocenters. The molecule has 0 heterocycles. The molecular weight excluding hydrogens is 356 g/mol. The van der Waals surface area contributed by atoms with Crippen LogP contribution in [0, 0.1) is 0 Å². The molecule has 0 radical (unpaired) electrons. The zero-order chi connectivity index (χ0) is 18.2. The van der Waals surface area contributed by atoms with Crippen molar-refractivity contribution in [1.29, 1.82) is 0 Å². The molecule has 0 atom stereocenters. The fourth-order valence-electron chi connectivity index (χ4n) is 2.08. The molecule has 1 N–H and O–H groups in total. The van der Waals surface area contributed by atoms with Gasteiger partial charge >= 0.3 is 0 Å². The number of nitrogens with zero attached hydrogens (tertiary/aromatic N) is 1. The highest BCUT2D eigenvalue weighted by molar-refractivity contribution is 7.89. The van der Waals surface area contributed by atoms with Gasteiger partial charge in [0.1, 0.15) is 10.6 Å². The molecule has 0 spiro atoms. The van der Waals surface area contributed by atoms with E-state index >= 15 is 0 Å². The normalized spacial score (nSPS) is 11.3. The molecule has 0 aromatic heterocycles. The van der Waals surface area contributed by atoms with Crippen LogP contribution in [0.2, 0.25) is 5.02 Å². The highest BCUT2D eigenvalue weighted by atomic mass is 35.5. The summed E-state index contributed by atoms with van der Waals surface area (Å²) in [4.78, 5) is 13.1. The van der Waals surface area contributed by atoms with Crippen molar-refractivity contribution < 1.29 is 22.7 Å². The Bertz CT molecular complexity index is 651. The lowest BCUT2D eigenvalue weighted by atomic mass is 10.3. The number of hydrogen-bond donors (Lipinski definition) is 1. The van der Waals surface area contributed by atoms with Gasteiger partial charge in [0.2, 0.25) is 15.9 Å². The maximum atomic E-state index is 12.4. The lowest BCUT2D eigenvalue weighted by Crippen LogP contribution is -2.38. The Labute approximate surface area is 147 Å². The van der Waals surface area contributed by atoms with E-state index in [0.29, 0.717) is 24.6 Å². The Balaban J connectivity index is 2.71. The lowest BCUT2D eigenvalue weighted by Gasteiger charge is -2.21. The molecule has 0 saturated carbocycles. The van der Waals surface area contributed by atoms with Crippen LogP contribution in [0.4, 0.5) is 0 Å². The molecule has 9 heteroatoms. The first-order chi connectivity index (χ1) is 11.3. The van der Waals surface area contributed by atoms with E-state index in [1.165, 1.54) is 26.2 Å². The van der Waals surface area contributed by atoms with Crippen LogP contribution >= 0.6 is 11.6 Å². The van der Waals surface area contributed by atoms with E-state index < -0.39 is 10.0 Å². The number of carbonyl (C=O) groups excluding carboxylic acids is 1. The summed E-state index contributed by atoms with van der Waals surface area (Å²) in [6.07, 6.45) is 0.685. The summed E-state index contributed by atoms with van der Waals surface area (Å²) >= 11 is 5.86. The van der Waals surface area contributed by atoms with Gasteiger partial charge in [-0.05, 0) is 24.6 Å². The minimum atomic E-state index is -3.79. The number of halogens is 1. The fourth-order valence-corrected chi connectivity index (χ4v) is 3.53. The first-order valence-corrected chi connectivity index (χ1v) is 9.25. The molecule has 7 nitrogen and oxygen atoms in total. The van der Waals surface area contributed by atoms with Crippen LogP contribution in [-0.4, -0.2) is 59.7 Å². The molecule has 1 rings (SSSR count). The number of nitrogens with one attached hydrogen (secondary N) is 1. The second kappa shape index (κ2) is 9.83. The summed E-state index contributed by atoms with van der Waals surface area (Å²) < 4.78 is 37.3. The zero-order valence-electron chi connectivity index (χ0n) is 14.0. The Morgan fingerprint density at radius 1 is 1.29 bits per heavy atom. The Hall–Kier alpha value is -1.35. The minimum Gasteiger partial charge on any atom is -0.495 e. The highest BCUT2D eigenvalue weighted by Gasteiger charge is 2.20. The molecule has 24 heavy (non-hydrogen) atoms. The molecular formula is C15H23ClN2O5S. The molecule has 0 aliphatic carbocycles. The van der Waals surface area contributed by atoms with E-state index in [0.717, 1.165) is 0 Å². The highest BCUT2D eigenvalue weighted by Crippen LogP contribution is 2.26. The number of rotatable bonds is 10. The number of amides is 1. The lowest BCUT2D eigenvalue weighted by molar-refractivity contribution is -0.128. The number of methoxy groups -OCH3 is 2. The van der Waals surface area contributed by atoms with Crippen molar-refractivity contribution in [2.45, 2.75) is 18.2 Å². The van der Waals surface area contributed by atoms with Gasteiger partial charge in [-0.15, -0.1) is 0 Å². The predicted octanol–water partition coefficient (Wildman–Crippen LogP) is 1.51. The average molecular weight is 379 g/mol.